The molecule has 0 fully saturated rings. The first-order chi connectivity index (χ1) is 9.16. The van der Waals surface area contributed by atoms with E-state index in [-0.39, 0.29) is 11.3 Å². The van der Waals surface area contributed by atoms with E-state index in [1.807, 2.05) is 0 Å². The number of ether oxygens (including phenoxy) is 1. The summed E-state index contributed by atoms with van der Waals surface area (Å²) in [6.07, 6.45) is -1.21. The summed E-state index contributed by atoms with van der Waals surface area (Å²) in [6.45, 7) is 3.71. The van der Waals surface area contributed by atoms with Crippen LogP contribution in [0.15, 0.2) is 24.3 Å². The van der Waals surface area contributed by atoms with Crippen molar-refractivity contribution in [2.24, 2.45) is 0 Å². The molecule has 1 atom stereocenters. The summed E-state index contributed by atoms with van der Waals surface area (Å²) < 4.78 is 4.99. The number of non-ortho nitro benzene ring substituents is 1. The van der Waals surface area contributed by atoms with E-state index < -0.39 is 27.5 Å². The Hall–Kier alpha value is -2.51. The highest BCUT2D eigenvalue weighted by molar-refractivity contribution is 5.66. The van der Waals surface area contributed by atoms with E-state index in [2.05, 4.69) is 0 Å². The molecule has 0 bridgehead atoms. The number of hydrogen-bond acceptors (Lipinski definition) is 6. The first-order valence-electron chi connectivity index (χ1n) is 5.72. The SMILES string of the molecule is CC(=O)OC(c1cccc([N+](=O)[O-])c1)C(C)(C)[N+](=O)[O-]. The lowest BCUT2D eigenvalue weighted by atomic mass is 9.91. The van der Waals surface area contributed by atoms with E-state index in [0.717, 1.165) is 6.92 Å². The fourth-order valence-electron chi connectivity index (χ4n) is 1.68. The number of esters is 1. The van der Waals surface area contributed by atoms with Gasteiger partial charge in [0.2, 0.25) is 0 Å². The van der Waals surface area contributed by atoms with Crippen molar-refractivity contribution in [2.45, 2.75) is 32.4 Å². The molecule has 1 aromatic carbocycles. The normalized spacial score (nSPS) is 12.6. The third-order valence-electron chi connectivity index (χ3n) is 2.78. The second-order valence-electron chi connectivity index (χ2n) is 4.75. The molecule has 1 rings (SSSR count). The topological polar surface area (TPSA) is 113 Å². The predicted molar refractivity (Wildman–Crippen MR) is 68.7 cm³/mol. The molecular weight excluding hydrogens is 268 g/mol. The molecular formula is C12H14N2O6. The van der Waals surface area contributed by atoms with Crippen molar-refractivity contribution in [3.05, 3.63) is 50.1 Å². The van der Waals surface area contributed by atoms with Gasteiger partial charge in [-0.3, -0.25) is 25.0 Å². The number of nitrogens with zero attached hydrogens (tertiary/aromatic N) is 2. The lowest BCUT2D eigenvalue weighted by molar-refractivity contribution is -0.574. The molecule has 0 saturated carbocycles. The number of hydrogen-bond donors (Lipinski definition) is 0. The molecule has 8 nitrogen and oxygen atoms in total. The van der Waals surface area contributed by atoms with Crippen LogP contribution >= 0.6 is 0 Å². The maximum absolute atomic E-state index is 11.1. The number of nitro benzene ring substituents is 1. The minimum atomic E-state index is -1.61. The van der Waals surface area contributed by atoms with Crippen LogP contribution in [0.25, 0.3) is 0 Å². The van der Waals surface area contributed by atoms with E-state index in [1.165, 1.54) is 38.1 Å². The van der Waals surface area contributed by atoms with Gasteiger partial charge in [0.05, 0.1) is 4.92 Å². The summed E-state index contributed by atoms with van der Waals surface area (Å²) in [5.41, 5.74) is -1.63. The fourth-order valence-corrected chi connectivity index (χ4v) is 1.68. The van der Waals surface area contributed by atoms with Crippen molar-refractivity contribution >= 4 is 11.7 Å². The monoisotopic (exact) mass is 282 g/mol. The zero-order chi connectivity index (χ0) is 15.5. The van der Waals surface area contributed by atoms with Gasteiger partial charge in [0.15, 0.2) is 6.10 Å². The number of carbonyl (C=O) groups is 1. The van der Waals surface area contributed by atoms with Crippen LogP contribution in [0.1, 0.15) is 32.4 Å². The molecule has 20 heavy (non-hydrogen) atoms. The van der Waals surface area contributed by atoms with E-state index in [9.17, 15) is 25.0 Å². The molecule has 0 radical (unpaired) electrons. The molecule has 108 valence electrons. The highest BCUT2D eigenvalue weighted by Crippen LogP contribution is 2.33. The van der Waals surface area contributed by atoms with Crippen molar-refractivity contribution in [2.75, 3.05) is 0 Å². The molecule has 0 aliphatic carbocycles. The van der Waals surface area contributed by atoms with Gasteiger partial charge < -0.3 is 4.74 Å². The third kappa shape index (κ3) is 3.28. The Morgan fingerprint density at radius 2 is 1.90 bits per heavy atom. The average molecular weight is 282 g/mol. The maximum atomic E-state index is 11.1. The number of nitro groups is 2. The second-order valence-corrected chi connectivity index (χ2v) is 4.75. The summed E-state index contributed by atoms with van der Waals surface area (Å²) in [7, 11) is 0. The van der Waals surface area contributed by atoms with Gasteiger partial charge in [-0.05, 0) is 0 Å². The van der Waals surface area contributed by atoms with E-state index in [4.69, 9.17) is 4.74 Å². The summed E-state index contributed by atoms with van der Waals surface area (Å²) >= 11 is 0. The molecule has 0 aliphatic rings. The van der Waals surface area contributed by atoms with Gasteiger partial charge in [0.1, 0.15) is 0 Å². The van der Waals surface area contributed by atoms with Crippen LogP contribution in [0.5, 0.6) is 0 Å². The van der Waals surface area contributed by atoms with Crippen molar-refractivity contribution in [3.63, 3.8) is 0 Å². The van der Waals surface area contributed by atoms with Crippen LogP contribution < -0.4 is 0 Å². The van der Waals surface area contributed by atoms with Crippen molar-refractivity contribution in [1.82, 2.24) is 0 Å². The molecule has 0 spiro atoms. The minimum Gasteiger partial charge on any atom is -0.450 e. The van der Waals surface area contributed by atoms with Gasteiger partial charge in [0.25, 0.3) is 11.2 Å². The zero-order valence-electron chi connectivity index (χ0n) is 11.2. The Balaban J connectivity index is 3.31. The van der Waals surface area contributed by atoms with Crippen molar-refractivity contribution in [1.29, 1.82) is 0 Å². The van der Waals surface area contributed by atoms with Gasteiger partial charge in [-0.1, -0.05) is 12.1 Å². The Morgan fingerprint density at radius 3 is 2.35 bits per heavy atom. The van der Waals surface area contributed by atoms with Gasteiger partial charge in [-0.2, -0.15) is 0 Å². The van der Waals surface area contributed by atoms with Crippen LogP contribution in [0, 0.1) is 20.2 Å². The number of rotatable bonds is 5. The third-order valence-corrected chi connectivity index (χ3v) is 2.78. The van der Waals surface area contributed by atoms with Crippen LogP contribution in [0.3, 0.4) is 0 Å². The molecule has 1 aromatic rings. The van der Waals surface area contributed by atoms with Crippen LogP contribution in [-0.4, -0.2) is 21.4 Å². The maximum Gasteiger partial charge on any atom is 0.303 e. The van der Waals surface area contributed by atoms with Gasteiger partial charge in [-0.25, -0.2) is 0 Å². The summed E-state index contributed by atoms with van der Waals surface area (Å²) in [6, 6.07) is 5.26. The smallest absolute Gasteiger partial charge is 0.303 e. The molecule has 0 saturated heterocycles. The quantitative estimate of drug-likeness (QED) is 0.465. The van der Waals surface area contributed by atoms with Gasteiger partial charge >= 0.3 is 5.97 Å². The Morgan fingerprint density at radius 1 is 1.30 bits per heavy atom. The first kappa shape index (κ1) is 15.5. The van der Waals surface area contributed by atoms with Gasteiger partial charge in [-0.15, -0.1) is 0 Å². The Kier molecular flexibility index (Phi) is 4.38. The first-order valence-corrected chi connectivity index (χ1v) is 5.72. The lowest BCUT2D eigenvalue weighted by Gasteiger charge is -2.26. The van der Waals surface area contributed by atoms with E-state index >= 15 is 0 Å². The molecule has 0 aromatic heterocycles. The average Bonchev–Trinajstić information content (AvgIpc) is 2.35. The van der Waals surface area contributed by atoms with Crippen LogP contribution in [0.2, 0.25) is 0 Å². The molecule has 0 aliphatic heterocycles. The Labute approximate surface area is 114 Å². The predicted octanol–water partition coefficient (Wildman–Crippen LogP) is 2.25. The van der Waals surface area contributed by atoms with Crippen LogP contribution in [0.4, 0.5) is 5.69 Å². The molecule has 0 amide bonds. The number of carbonyl (C=O) groups excluding carboxylic acids is 1. The number of benzene rings is 1. The van der Waals surface area contributed by atoms with E-state index in [0.29, 0.717) is 0 Å². The minimum absolute atomic E-state index is 0.205. The van der Waals surface area contributed by atoms with Crippen molar-refractivity contribution in [3.8, 4) is 0 Å². The standard InChI is InChI=1S/C12H14N2O6/c1-8(15)20-11(12(2,3)14(18)19)9-5-4-6-10(7-9)13(16)17/h4-7,11H,1-3H3. The van der Waals surface area contributed by atoms with E-state index in [1.54, 1.807) is 0 Å². The molecule has 8 heteroatoms. The summed E-state index contributed by atoms with van der Waals surface area (Å²) in [4.78, 5) is 31.8. The molecule has 0 heterocycles. The molecule has 1 unspecified atom stereocenters. The Bertz CT molecular complexity index is 555. The largest absolute Gasteiger partial charge is 0.450 e. The molecule has 0 N–H and O–H groups in total. The fraction of sp³-hybridized carbons (Fsp3) is 0.417. The lowest BCUT2D eigenvalue weighted by Crippen LogP contribution is -2.40. The highest BCUT2D eigenvalue weighted by Gasteiger charge is 2.44. The van der Waals surface area contributed by atoms with Crippen molar-refractivity contribution < 1.29 is 19.4 Å². The second kappa shape index (κ2) is 5.64. The van der Waals surface area contributed by atoms with Crippen LogP contribution in [-0.2, 0) is 9.53 Å². The zero-order valence-corrected chi connectivity index (χ0v) is 11.2. The summed E-state index contributed by atoms with van der Waals surface area (Å²) in [5.74, 6) is -0.698. The van der Waals surface area contributed by atoms with Gasteiger partial charge in [0, 0.05) is 43.4 Å². The highest BCUT2D eigenvalue weighted by atomic mass is 16.6. The summed E-state index contributed by atoms with van der Waals surface area (Å²) in [5, 5.41) is 21.9.